The first-order valence-corrected chi connectivity index (χ1v) is 8.79. The molecule has 0 saturated carbocycles. The van der Waals surface area contributed by atoms with Gasteiger partial charge in [-0.3, -0.25) is 9.59 Å². The van der Waals surface area contributed by atoms with Gasteiger partial charge in [-0.05, 0) is 36.4 Å². The summed E-state index contributed by atoms with van der Waals surface area (Å²) >= 11 is 6.15. The second-order valence-electron chi connectivity index (χ2n) is 5.27. The van der Waals surface area contributed by atoms with E-state index in [0.717, 1.165) is 0 Å². The lowest BCUT2D eigenvalue weighted by atomic mass is 10.2. The van der Waals surface area contributed by atoms with Crippen molar-refractivity contribution in [1.82, 2.24) is 5.32 Å². The average molecular weight is 386 g/mol. The number of benzene rings is 2. The number of nitrogens with one attached hydrogen (secondary N) is 2. The maximum atomic E-state index is 12.0. The topological polar surface area (TPSA) is 87.7 Å². The zero-order valence-corrected chi connectivity index (χ0v) is 15.0. The number of anilines is 1. The number of carbonyl (C=O) groups is 2. The maximum Gasteiger partial charge on any atom is 0.263 e. The molecule has 8 heteroatoms. The largest absolute Gasteiger partial charge is 0.508 e. The minimum Gasteiger partial charge on any atom is -0.508 e. The molecule has 1 fully saturated rings. The van der Waals surface area contributed by atoms with Crippen molar-refractivity contribution in [3.63, 3.8) is 0 Å². The number of rotatable bonds is 5. The highest BCUT2D eigenvalue weighted by molar-refractivity contribution is 8.26. The molecule has 0 unspecified atom stereocenters. The first-order valence-electron chi connectivity index (χ1n) is 7.57. The summed E-state index contributed by atoms with van der Waals surface area (Å²) in [4.78, 5) is 24.3. The number of carbonyl (C=O) groups excluding carboxylic acids is 2. The zero-order valence-electron chi connectivity index (χ0n) is 13.4. The van der Waals surface area contributed by atoms with Crippen LogP contribution < -0.4 is 15.4 Å². The van der Waals surface area contributed by atoms with E-state index in [1.54, 1.807) is 36.4 Å². The van der Waals surface area contributed by atoms with Crippen LogP contribution in [0.15, 0.2) is 53.4 Å². The number of hydrogen-bond donors (Lipinski definition) is 3. The summed E-state index contributed by atoms with van der Waals surface area (Å²) in [6.45, 7) is -0.196. The molecule has 0 radical (unpaired) electrons. The fraction of sp³-hybridized carbons (Fsp3) is 0.0556. The Morgan fingerprint density at radius 1 is 1.23 bits per heavy atom. The van der Waals surface area contributed by atoms with Gasteiger partial charge in [-0.2, -0.15) is 0 Å². The first kappa shape index (κ1) is 18.0. The van der Waals surface area contributed by atoms with E-state index in [0.29, 0.717) is 26.2 Å². The third kappa shape index (κ3) is 4.62. The lowest BCUT2D eigenvalue weighted by molar-refractivity contribution is -0.118. The van der Waals surface area contributed by atoms with E-state index in [1.807, 2.05) is 6.07 Å². The molecule has 0 spiro atoms. The second kappa shape index (κ2) is 8.03. The molecule has 1 saturated heterocycles. The van der Waals surface area contributed by atoms with E-state index in [9.17, 15) is 14.7 Å². The molecule has 3 rings (SSSR count). The van der Waals surface area contributed by atoms with Crippen molar-refractivity contribution in [2.75, 3.05) is 11.9 Å². The summed E-state index contributed by atoms with van der Waals surface area (Å²) in [5.74, 6) is 0.00812. The Hall–Kier alpha value is -2.84. The number of hydrogen-bond acceptors (Lipinski definition) is 6. The van der Waals surface area contributed by atoms with Crippen LogP contribution in [0.1, 0.15) is 5.56 Å². The van der Waals surface area contributed by atoms with Crippen molar-refractivity contribution in [2.24, 2.45) is 0 Å². The van der Waals surface area contributed by atoms with Gasteiger partial charge in [-0.25, -0.2) is 0 Å². The SMILES string of the molecule is O=C(COc1ccccc1/C=C1\SC(=S)NC1=O)Nc1ccc(O)cc1. The molecule has 2 aromatic carbocycles. The van der Waals surface area contributed by atoms with Crippen LogP contribution in [0.25, 0.3) is 6.08 Å². The van der Waals surface area contributed by atoms with Gasteiger partial charge in [0.15, 0.2) is 6.61 Å². The number of ether oxygens (including phenoxy) is 1. The summed E-state index contributed by atoms with van der Waals surface area (Å²) in [5.41, 5.74) is 1.23. The minimum atomic E-state index is -0.340. The summed E-state index contributed by atoms with van der Waals surface area (Å²) in [6.07, 6.45) is 1.67. The van der Waals surface area contributed by atoms with Crippen molar-refractivity contribution >= 4 is 51.9 Å². The van der Waals surface area contributed by atoms with E-state index in [2.05, 4.69) is 10.6 Å². The van der Waals surface area contributed by atoms with Gasteiger partial charge in [0.2, 0.25) is 0 Å². The van der Waals surface area contributed by atoms with Gasteiger partial charge in [0.25, 0.3) is 11.8 Å². The normalized spacial score (nSPS) is 15.0. The quantitative estimate of drug-likeness (QED) is 0.416. The number of phenolic OH excluding ortho intramolecular Hbond substituents is 1. The van der Waals surface area contributed by atoms with E-state index in [1.165, 1.54) is 23.9 Å². The highest BCUT2D eigenvalue weighted by Gasteiger charge is 2.22. The number of thioether (sulfide) groups is 1. The molecule has 1 aliphatic rings. The van der Waals surface area contributed by atoms with Crippen LogP contribution in [0.4, 0.5) is 5.69 Å². The van der Waals surface area contributed by atoms with Crippen molar-refractivity contribution in [3.05, 3.63) is 59.0 Å². The minimum absolute atomic E-state index is 0.120. The Kier molecular flexibility index (Phi) is 5.55. The molecule has 0 bridgehead atoms. The Morgan fingerprint density at radius 2 is 1.96 bits per heavy atom. The van der Waals surface area contributed by atoms with Gasteiger partial charge in [0, 0.05) is 11.3 Å². The predicted molar refractivity (Wildman–Crippen MR) is 105 cm³/mol. The van der Waals surface area contributed by atoms with Gasteiger partial charge in [-0.15, -0.1) is 0 Å². The molecular formula is C18H14N2O4S2. The Bertz CT molecular complexity index is 894. The molecule has 26 heavy (non-hydrogen) atoms. The Morgan fingerprint density at radius 3 is 2.65 bits per heavy atom. The molecule has 1 heterocycles. The highest BCUT2D eigenvalue weighted by Crippen LogP contribution is 2.29. The van der Waals surface area contributed by atoms with Crippen molar-refractivity contribution in [2.45, 2.75) is 0 Å². The number of para-hydroxylation sites is 1. The van der Waals surface area contributed by atoms with E-state index in [4.69, 9.17) is 17.0 Å². The van der Waals surface area contributed by atoms with Crippen LogP contribution in [-0.2, 0) is 9.59 Å². The third-order valence-corrected chi connectivity index (χ3v) is 4.52. The molecule has 2 amide bonds. The van der Waals surface area contributed by atoms with Crippen molar-refractivity contribution in [3.8, 4) is 11.5 Å². The summed E-state index contributed by atoms with van der Waals surface area (Å²) in [7, 11) is 0. The van der Waals surface area contributed by atoms with E-state index >= 15 is 0 Å². The Labute approximate surface area is 159 Å². The zero-order chi connectivity index (χ0) is 18.5. The van der Waals surface area contributed by atoms with Gasteiger partial charge in [0.05, 0.1) is 4.91 Å². The average Bonchev–Trinajstić information content (AvgIpc) is 2.93. The van der Waals surface area contributed by atoms with Crippen LogP contribution in [0.2, 0.25) is 0 Å². The van der Waals surface area contributed by atoms with Gasteiger partial charge < -0.3 is 20.5 Å². The highest BCUT2D eigenvalue weighted by atomic mass is 32.2. The fourth-order valence-electron chi connectivity index (χ4n) is 2.18. The predicted octanol–water partition coefficient (Wildman–Crippen LogP) is 2.90. The van der Waals surface area contributed by atoms with Crippen LogP contribution in [-0.4, -0.2) is 27.8 Å². The van der Waals surface area contributed by atoms with Crippen molar-refractivity contribution in [1.29, 1.82) is 0 Å². The van der Waals surface area contributed by atoms with Gasteiger partial charge in [-0.1, -0.05) is 42.2 Å². The maximum absolute atomic E-state index is 12.0. The summed E-state index contributed by atoms with van der Waals surface area (Å²) in [5, 5.41) is 14.5. The van der Waals surface area contributed by atoms with Crippen LogP contribution in [0, 0.1) is 0 Å². The standard InChI is InChI=1S/C18H14N2O4S2/c21-13-7-5-12(6-8-13)19-16(22)10-24-14-4-2-1-3-11(14)9-15-17(23)20-18(25)26-15/h1-9,21H,10H2,(H,19,22)(H,20,23,25)/b15-9-. The number of aromatic hydroxyl groups is 1. The third-order valence-electron chi connectivity index (χ3n) is 3.36. The molecule has 3 N–H and O–H groups in total. The number of amides is 2. The van der Waals surface area contributed by atoms with Crippen LogP contribution in [0.5, 0.6) is 11.5 Å². The molecule has 0 aliphatic carbocycles. The molecule has 2 aromatic rings. The summed E-state index contributed by atoms with van der Waals surface area (Å²) in [6, 6.07) is 13.2. The fourth-order valence-corrected chi connectivity index (χ4v) is 3.21. The molecular weight excluding hydrogens is 372 g/mol. The molecule has 0 atom stereocenters. The molecule has 132 valence electrons. The van der Waals surface area contributed by atoms with E-state index in [-0.39, 0.29) is 24.2 Å². The van der Waals surface area contributed by atoms with Gasteiger partial charge >= 0.3 is 0 Å². The number of phenols is 1. The molecule has 1 aliphatic heterocycles. The van der Waals surface area contributed by atoms with Gasteiger partial charge in [0.1, 0.15) is 15.8 Å². The monoisotopic (exact) mass is 386 g/mol. The van der Waals surface area contributed by atoms with Crippen LogP contribution >= 0.6 is 24.0 Å². The van der Waals surface area contributed by atoms with E-state index < -0.39 is 0 Å². The lowest BCUT2D eigenvalue weighted by Gasteiger charge is -2.10. The first-order chi connectivity index (χ1) is 12.5. The molecule has 0 aromatic heterocycles. The Balaban J connectivity index is 1.66. The van der Waals surface area contributed by atoms with Crippen molar-refractivity contribution < 1.29 is 19.4 Å². The molecule has 6 nitrogen and oxygen atoms in total. The smallest absolute Gasteiger partial charge is 0.263 e. The van der Waals surface area contributed by atoms with Crippen LogP contribution in [0.3, 0.4) is 0 Å². The number of thiocarbonyl (C=S) groups is 1. The second-order valence-corrected chi connectivity index (χ2v) is 6.99. The summed E-state index contributed by atoms with van der Waals surface area (Å²) < 4.78 is 6.00. The lowest BCUT2D eigenvalue weighted by Crippen LogP contribution is -2.20.